The number of nitrogens with zero attached hydrogens (tertiary/aromatic N) is 2. The normalized spacial score (nSPS) is 15.3. The number of amides is 3. The molecule has 3 aromatic carbocycles. The standard InChI is InChI=1S/C25H20F2N4O3S/c1-15-4-2-7-19(12-15)28-22(32)14-21-24(34)30(20-10-8-17(26)9-11-20)25(35)31(21)29-23(33)16-5-3-6-18(27)13-16/h2-13,21H,14H2,1H3,(H,28,32)(H,29,33). The van der Waals surface area contributed by atoms with Crippen molar-refractivity contribution in [1.29, 1.82) is 0 Å². The van der Waals surface area contributed by atoms with Crippen molar-refractivity contribution in [3.63, 3.8) is 0 Å². The Morgan fingerprint density at radius 3 is 2.37 bits per heavy atom. The molecule has 1 saturated heterocycles. The van der Waals surface area contributed by atoms with Gasteiger partial charge in [0.05, 0.1) is 12.1 Å². The molecule has 1 fully saturated rings. The summed E-state index contributed by atoms with van der Waals surface area (Å²) in [4.78, 5) is 40.0. The van der Waals surface area contributed by atoms with Gasteiger partial charge >= 0.3 is 0 Å². The van der Waals surface area contributed by atoms with Gasteiger partial charge in [-0.3, -0.25) is 24.7 Å². The number of hydrogen-bond acceptors (Lipinski definition) is 4. The molecular weight excluding hydrogens is 474 g/mol. The van der Waals surface area contributed by atoms with Crippen LogP contribution in [0, 0.1) is 18.6 Å². The van der Waals surface area contributed by atoms with Crippen LogP contribution >= 0.6 is 12.2 Å². The molecule has 10 heteroatoms. The van der Waals surface area contributed by atoms with Crippen LogP contribution in [0.5, 0.6) is 0 Å². The molecular formula is C25H20F2N4O3S. The Morgan fingerprint density at radius 2 is 1.69 bits per heavy atom. The first-order chi connectivity index (χ1) is 16.7. The molecule has 0 radical (unpaired) electrons. The lowest BCUT2D eigenvalue weighted by Crippen LogP contribution is -2.49. The average Bonchev–Trinajstić information content (AvgIpc) is 3.03. The minimum absolute atomic E-state index is 0.00319. The molecule has 2 N–H and O–H groups in total. The third-order valence-corrected chi connectivity index (χ3v) is 5.67. The van der Waals surface area contributed by atoms with Crippen molar-refractivity contribution in [1.82, 2.24) is 10.4 Å². The van der Waals surface area contributed by atoms with Gasteiger partial charge in [-0.05, 0) is 79.3 Å². The number of thiocarbonyl (C=S) groups is 1. The quantitative estimate of drug-likeness (QED) is 0.508. The summed E-state index contributed by atoms with van der Waals surface area (Å²) in [5.74, 6) is -2.90. The van der Waals surface area contributed by atoms with Crippen LogP contribution in [-0.2, 0) is 9.59 Å². The first-order valence-electron chi connectivity index (χ1n) is 10.6. The Labute approximate surface area is 205 Å². The highest BCUT2D eigenvalue weighted by molar-refractivity contribution is 7.80. The predicted octanol–water partition coefficient (Wildman–Crippen LogP) is 3.95. The molecule has 178 valence electrons. The fraction of sp³-hybridized carbons (Fsp3) is 0.120. The number of hydrogen-bond donors (Lipinski definition) is 2. The van der Waals surface area contributed by atoms with E-state index in [-0.39, 0.29) is 22.8 Å². The summed E-state index contributed by atoms with van der Waals surface area (Å²) in [6.07, 6.45) is -0.339. The van der Waals surface area contributed by atoms with E-state index in [2.05, 4.69) is 10.7 Å². The van der Waals surface area contributed by atoms with Crippen LogP contribution in [0.3, 0.4) is 0 Å². The van der Waals surface area contributed by atoms with E-state index in [1.54, 1.807) is 18.2 Å². The minimum atomic E-state index is -1.19. The van der Waals surface area contributed by atoms with Crippen molar-refractivity contribution in [2.24, 2.45) is 0 Å². The van der Waals surface area contributed by atoms with Crippen molar-refractivity contribution in [2.75, 3.05) is 10.2 Å². The maximum Gasteiger partial charge on any atom is 0.269 e. The summed E-state index contributed by atoms with van der Waals surface area (Å²) >= 11 is 5.44. The second-order valence-corrected chi connectivity index (χ2v) is 8.26. The first-order valence-corrected chi connectivity index (χ1v) is 11.0. The van der Waals surface area contributed by atoms with Gasteiger partial charge in [-0.25, -0.2) is 13.8 Å². The van der Waals surface area contributed by atoms with Crippen molar-refractivity contribution in [3.8, 4) is 0 Å². The van der Waals surface area contributed by atoms with Gasteiger partial charge in [-0.15, -0.1) is 0 Å². The SMILES string of the molecule is Cc1cccc(NC(=O)CC2C(=O)N(c3ccc(F)cc3)C(=S)N2NC(=O)c2cccc(F)c2)c1. The number of aryl methyl sites for hydroxylation is 1. The molecule has 1 atom stereocenters. The van der Waals surface area contributed by atoms with E-state index in [4.69, 9.17) is 12.2 Å². The lowest BCUT2D eigenvalue weighted by Gasteiger charge is -2.24. The Balaban J connectivity index is 1.61. The molecule has 1 aliphatic rings. The third kappa shape index (κ3) is 5.33. The molecule has 0 aliphatic carbocycles. The van der Waals surface area contributed by atoms with Crippen molar-refractivity contribution in [3.05, 3.63) is 95.6 Å². The zero-order chi connectivity index (χ0) is 25.1. The Bertz CT molecular complexity index is 1320. The van der Waals surface area contributed by atoms with E-state index in [9.17, 15) is 23.2 Å². The van der Waals surface area contributed by atoms with Crippen LogP contribution < -0.4 is 15.6 Å². The Hall–Kier alpha value is -4.18. The smallest absolute Gasteiger partial charge is 0.269 e. The van der Waals surface area contributed by atoms with E-state index in [0.717, 1.165) is 21.5 Å². The van der Waals surface area contributed by atoms with Gasteiger partial charge in [0.15, 0.2) is 0 Å². The molecule has 0 aromatic heterocycles. The van der Waals surface area contributed by atoms with Gasteiger partial charge in [-0.1, -0.05) is 18.2 Å². The maximum absolute atomic E-state index is 13.6. The summed E-state index contributed by atoms with van der Waals surface area (Å²) in [6.45, 7) is 1.87. The third-order valence-electron chi connectivity index (χ3n) is 5.29. The zero-order valence-electron chi connectivity index (χ0n) is 18.5. The Morgan fingerprint density at radius 1 is 0.971 bits per heavy atom. The van der Waals surface area contributed by atoms with Gasteiger partial charge < -0.3 is 5.32 Å². The summed E-state index contributed by atoms with van der Waals surface area (Å²) in [7, 11) is 0. The maximum atomic E-state index is 13.6. The van der Waals surface area contributed by atoms with Gasteiger partial charge in [0, 0.05) is 11.3 Å². The lowest BCUT2D eigenvalue weighted by atomic mass is 10.1. The van der Waals surface area contributed by atoms with Crippen LogP contribution in [0.25, 0.3) is 0 Å². The van der Waals surface area contributed by atoms with E-state index in [1.807, 2.05) is 13.0 Å². The lowest BCUT2D eigenvalue weighted by molar-refractivity contribution is -0.124. The summed E-state index contributed by atoms with van der Waals surface area (Å²) in [5, 5.41) is 3.72. The first kappa shape index (κ1) is 24.0. The molecule has 0 saturated carbocycles. The van der Waals surface area contributed by atoms with Gasteiger partial charge in [0.2, 0.25) is 11.0 Å². The summed E-state index contributed by atoms with van der Waals surface area (Å²) in [5.41, 5.74) is 4.27. The molecule has 0 spiro atoms. The minimum Gasteiger partial charge on any atom is -0.326 e. The fourth-order valence-electron chi connectivity index (χ4n) is 3.64. The number of carbonyl (C=O) groups excluding carboxylic acids is 3. The molecule has 0 bridgehead atoms. The molecule has 3 aromatic rings. The van der Waals surface area contributed by atoms with Crippen LogP contribution in [-0.4, -0.2) is 33.9 Å². The van der Waals surface area contributed by atoms with Gasteiger partial charge in [-0.2, -0.15) is 0 Å². The molecule has 35 heavy (non-hydrogen) atoms. The molecule has 3 amide bonds. The molecule has 1 heterocycles. The van der Waals surface area contributed by atoms with Crippen molar-refractivity contribution in [2.45, 2.75) is 19.4 Å². The average molecular weight is 495 g/mol. The van der Waals surface area contributed by atoms with Crippen molar-refractivity contribution >= 4 is 46.4 Å². The second kappa shape index (κ2) is 9.98. The van der Waals surface area contributed by atoms with E-state index >= 15 is 0 Å². The van der Waals surface area contributed by atoms with Crippen LogP contribution in [0.2, 0.25) is 0 Å². The van der Waals surface area contributed by atoms with Crippen molar-refractivity contribution < 1.29 is 23.2 Å². The number of hydrazine groups is 1. The van der Waals surface area contributed by atoms with Gasteiger partial charge in [0.1, 0.15) is 17.7 Å². The zero-order valence-corrected chi connectivity index (χ0v) is 19.3. The summed E-state index contributed by atoms with van der Waals surface area (Å²) in [6, 6.07) is 16.0. The van der Waals surface area contributed by atoms with E-state index in [0.29, 0.717) is 5.69 Å². The highest BCUT2D eigenvalue weighted by Gasteiger charge is 2.45. The van der Waals surface area contributed by atoms with Gasteiger partial charge in [0.25, 0.3) is 11.8 Å². The number of benzene rings is 3. The number of halogens is 2. The van der Waals surface area contributed by atoms with Crippen LogP contribution in [0.4, 0.5) is 20.2 Å². The van der Waals surface area contributed by atoms with Crippen LogP contribution in [0.1, 0.15) is 22.3 Å². The topological polar surface area (TPSA) is 81.8 Å². The largest absolute Gasteiger partial charge is 0.326 e. The molecule has 1 unspecified atom stereocenters. The van der Waals surface area contributed by atoms with E-state index < -0.39 is 35.4 Å². The fourth-order valence-corrected chi connectivity index (χ4v) is 4.01. The monoisotopic (exact) mass is 494 g/mol. The Kier molecular flexibility index (Phi) is 6.83. The number of carbonyl (C=O) groups is 3. The highest BCUT2D eigenvalue weighted by Crippen LogP contribution is 2.27. The molecule has 4 rings (SSSR count). The molecule has 7 nitrogen and oxygen atoms in total. The summed E-state index contributed by atoms with van der Waals surface area (Å²) < 4.78 is 27.0. The van der Waals surface area contributed by atoms with E-state index in [1.165, 1.54) is 42.5 Å². The number of nitrogens with one attached hydrogen (secondary N) is 2. The van der Waals surface area contributed by atoms with Crippen LogP contribution in [0.15, 0.2) is 72.8 Å². The number of anilines is 2. The highest BCUT2D eigenvalue weighted by atomic mass is 32.1. The molecule has 1 aliphatic heterocycles. The number of rotatable bonds is 6. The second-order valence-electron chi connectivity index (χ2n) is 7.89. The predicted molar refractivity (Wildman–Crippen MR) is 130 cm³/mol.